The van der Waals surface area contributed by atoms with Gasteiger partial charge in [0, 0.05) is 29.8 Å². The lowest BCUT2D eigenvalue weighted by atomic mass is 10.0. The molecule has 6 aromatic rings. The highest BCUT2D eigenvalue weighted by Crippen LogP contribution is 2.31. The van der Waals surface area contributed by atoms with Crippen molar-refractivity contribution in [3.05, 3.63) is 142 Å². The minimum absolute atomic E-state index is 0.122. The van der Waals surface area contributed by atoms with Crippen LogP contribution in [0.4, 0.5) is 5.69 Å². The standard InChI is InChI=1S/C31H22N6O4S/c38-30(23-11-7-14-25(18-23)37(39)40)34-32-20-26-16-17-29(41-26)42-31-35-33-28(36(31)24-12-2-1-3-13-24)19-22-10-6-9-21-8-4-5-15-27(21)22/h1-18,20H,19H2,(H,34,38)/b32-20-. The number of nitrogens with one attached hydrogen (secondary N) is 1. The van der Waals surface area contributed by atoms with E-state index in [9.17, 15) is 14.9 Å². The number of carbonyl (C=O) groups excluding carboxylic acids is 1. The lowest BCUT2D eigenvalue weighted by Crippen LogP contribution is -2.17. The highest BCUT2D eigenvalue weighted by molar-refractivity contribution is 7.99. The number of amides is 1. The van der Waals surface area contributed by atoms with Crippen molar-refractivity contribution < 1.29 is 14.1 Å². The van der Waals surface area contributed by atoms with E-state index < -0.39 is 10.8 Å². The number of fused-ring (bicyclic) bond motifs is 1. The third-order valence-electron chi connectivity index (χ3n) is 6.41. The van der Waals surface area contributed by atoms with E-state index in [1.807, 2.05) is 47.0 Å². The fourth-order valence-corrected chi connectivity index (χ4v) is 5.30. The van der Waals surface area contributed by atoms with E-state index in [4.69, 9.17) is 4.42 Å². The van der Waals surface area contributed by atoms with E-state index >= 15 is 0 Å². The zero-order chi connectivity index (χ0) is 28.9. The van der Waals surface area contributed by atoms with Crippen LogP contribution in [0.5, 0.6) is 0 Å². The molecule has 0 spiro atoms. The summed E-state index contributed by atoms with van der Waals surface area (Å²) in [7, 11) is 0. The molecule has 0 unspecified atom stereocenters. The van der Waals surface area contributed by atoms with Crippen LogP contribution in [-0.2, 0) is 6.42 Å². The monoisotopic (exact) mass is 574 g/mol. The lowest BCUT2D eigenvalue weighted by Gasteiger charge is -2.11. The molecule has 0 atom stereocenters. The minimum atomic E-state index is -0.578. The predicted molar refractivity (Wildman–Crippen MR) is 159 cm³/mol. The molecule has 0 aliphatic heterocycles. The Morgan fingerprint density at radius 2 is 1.74 bits per heavy atom. The second-order valence-corrected chi connectivity index (χ2v) is 10.1. The minimum Gasteiger partial charge on any atom is -0.448 e. The molecule has 10 nitrogen and oxygen atoms in total. The molecular weight excluding hydrogens is 552 g/mol. The summed E-state index contributed by atoms with van der Waals surface area (Å²) in [6.07, 6.45) is 1.94. The predicted octanol–water partition coefficient (Wildman–Crippen LogP) is 6.43. The van der Waals surface area contributed by atoms with Gasteiger partial charge in [-0.05, 0) is 58.4 Å². The van der Waals surface area contributed by atoms with Gasteiger partial charge in [0.15, 0.2) is 5.09 Å². The molecule has 4 aromatic carbocycles. The van der Waals surface area contributed by atoms with Gasteiger partial charge in [-0.1, -0.05) is 66.7 Å². The molecule has 2 heterocycles. The van der Waals surface area contributed by atoms with Crippen molar-refractivity contribution in [2.24, 2.45) is 5.10 Å². The molecule has 11 heteroatoms. The first-order valence-corrected chi connectivity index (χ1v) is 13.7. The summed E-state index contributed by atoms with van der Waals surface area (Å²) in [6, 6.07) is 33.3. The van der Waals surface area contributed by atoms with Gasteiger partial charge in [-0.25, -0.2) is 5.43 Å². The van der Waals surface area contributed by atoms with Crippen LogP contribution < -0.4 is 5.43 Å². The fraction of sp³-hybridized carbons (Fsp3) is 0.0323. The molecule has 0 saturated heterocycles. The van der Waals surface area contributed by atoms with E-state index in [0.29, 0.717) is 22.4 Å². The van der Waals surface area contributed by atoms with Crippen molar-refractivity contribution in [2.75, 3.05) is 0 Å². The highest BCUT2D eigenvalue weighted by atomic mass is 32.2. The summed E-state index contributed by atoms with van der Waals surface area (Å²) in [4.78, 5) is 22.7. The van der Waals surface area contributed by atoms with E-state index in [0.717, 1.165) is 17.1 Å². The third-order valence-corrected chi connectivity index (χ3v) is 7.28. The van der Waals surface area contributed by atoms with Crippen LogP contribution >= 0.6 is 11.8 Å². The van der Waals surface area contributed by atoms with Gasteiger partial charge in [0.05, 0.1) is 11.1 Å². The average molecular weight is 575 g/mol. The van der Waals surface area contributed by atoms with Crippen LogP contribution in [0.1, 0.15) is 27.5 Å². The molecule has 1 N–H and O–H groups in total. The molecule has 0 aliphatic rings. The molecule has 0 fully saturated rings. The van der Waals surface area contributed by atoms with Crippen LogP contribution in [-0.4, -0.2) is 31.8 Å². The number of aromatic nitrogens is 3. The van der Waals surface area contributed by atoms with Gasteiger partial charge in [-0.3, -0.25) is 19.5 Å². The third kappa shape index (κ3) is 5.81. The van der Waals surface area contributed by atoms with Crippen molar-refractivity contribution >= 4 is 40.3 Å². The summed E-state index contributed by atoms with van der Waals surface area (Å²) >= 11 is 1.32. The number of furan rings is 1. The molecule has 2 aromatic heterocycles. The molecule has 42 heavy (non-hydrogen) atoms. The molecular formula is C31H22N6O4S. The number of non-ortho nitro benzene ring substituents is 1. The number of hydrogen-bond donors (Lipinski definition) is 1. The van der Waals surface area contributed by atoms with Crippen molar-refractivity contribution in [2.45, 2.75) is 16.7 Å². The number of nitrogens with zero attached hydrogens (tertiary/aromatic N) is 5. The Bertz CT molecular complexity index is 1930. The topological polar surface area (TPSA) is 128 Å². The summed E-state index contributed by atoms with van der Waals surface area (Å²) < 4.78 is 7.91. The van der Waals surface area contributed by atoms with Crippen molar-refractivity contribution in [1.29, 1.82) is 0 Å². The van der Waals surface area contributed by atoms with Crippen LogP contribution in [0.3, 0.4) is 0 Å². The lowest BCUT2D eigenvalue weighted by molar-refractivity contribution is -0.384. The quantitative estimate of drug-likeness (QED) is 0.120. The first-order chi connectivity index (χ1) is 20.5. The van der Waals surface area contributed by atoms with Crippen LogP contribution in [0.2, 0.25) is 0 Å². The SMILES string of the molecule is O=C(N/N=C\c1ccc(Sc2nnc(Cc3cccc4ccccc34)n2-c2ccccc2)o1)c1cccc([N+](=O)[O-])c1. The van der Waals surface area contributed by atoms with E-state index in [-0.39, 0.29) is 11.3 Å². The Morgan fingerprint density at radius 3 is 2.60 bits per heavy atom. The number of nitro groups is 1. The van der Waals surface area contributed by atoms with Gasteiger partial charge < -0.3 is 4.42 Å². The van der Waals surface area contributed by atoms with Gasteiger partial charge in [0.1, 0.15) is 11.6 Å². The summed E-state index contributed by atoms with van der Waals surface area (Å²) in [5.74, 6) is 0.613. The zero-order valence-corrected chi connectivity index (χ0v) is 22.8. The number of carbonyl (C=O) groups is 1. The highest BCUT2D eigenvalue weighted by Gasteiger charge is 2.18. The largest absolute Gasteiger partial charge is 0.448 e. The fourth-order valence-electron chi connectivity index (χ4n) is 4.46. The van der Waals surface area contributed by atoms with Gasteiger partial charge in [-0.15, -0.1) is 10.2 Å². The maximum Gasteiger partial charge on any atom is 0.271 e. The molecule has 206 valence electrons. The average Bonchev–Trinajstić information content (AvgIpc) is 3.64. The normalized spacial score (nSPS) is 11.2. The second kappa shape index (κ2) is 11.9. The van der Waals surface area contributed by atoms with Crippen molar-refractivity contribution in [3.63, 3.8) is 0 Å². The molecule has 0 saturated carbocycles. The first-order valence-electron chi connectivity index (χ1n) is 12.9. The number of hydrazone groups is 1. The summed E-state index contributed by atoms with van der Waals surface area (Å²) in [5, 5.41) is 27.4. The van der Waals surface area contributed by atoms with E-state index in [2.05, 4.69) is 51.1 Å². The summed E-state index contributed by atoms with van der Waals surface area (Å²) in [5.41, 5.74) is 4.38. The Labute approximate surface area is 243 Å². The van der Waals surface area contributed by atoms with Crippen LogP contribution in [0.15, 0.2) is 129 Å². The van der Waals surface area contributed by atoms with Crippen molar-refractivity contribution in [1.82, 2.24) is 20.2 Å². The van der Waals surface area contributed by atoms with E-state index in [1.54, 1.807) is 12.1 Å². The van der Waals surface area contributed by atoms with Gasteiger partial charge >= 0.3 is 0 Å². The van der Waals surface area contributed by atoms with E-state index in [1.165, 1.54) is 53.0 Å². The number of para-hydroxylation sites is 1. The van der Waals surface area contributed by atoms with Gasteiger partial charge in [0.25, 0.3) is 11.6 Å². The number of benzene rings is 4. The smallest absolute Gasteiger partial charge is 0.271 e. The zero-order valence-electron chi connectivity index (χ0n) is 22.0. The molecule has 6 rings (SSSR count). The Kier molecular flexibility index (Phi) is 7.56. The Morgan fingerprint density at radius 1 is 0.952 bits per heavy atom. The Balaban J connectivity index is 1.21. The van der Waals surface area contributed by atoms with Gasteiger partial charge in [-0.2, -0.15) is 5.10 Å². The summed E-state index contributed by atoms with van der Waals surface area (Å²) in [6.45, 7) is 0. The molecule has 0 radical (unpaired) electrons. The van der Waals surface area contributed by atoms with Crippen LogP contribution in [0.25, 0.3) is 16.5 Å². The molecule has 1 amide bonds. The maximum atomic E-state index is 12.3. The number of nitro benzene ring substituents is 1. The van der Waals surface area contributed by atoms with Crippen molar-refractivity contribution in [3.8, 4) is 5.69 Å². The first kappa shape index (κ1) is 26.7. The molecule has 0 bridgehead atoms. The second-order valence-electron chi connectivity index (χ2n) is 9.15. The Hall–Kier alpha value is -5.55. The van der Waals surface area contributed by atoms with Crippen LogP contribution in [0, 0.1) is 10.1 Å². The number of rotatable bonds is 9. The maximum absolute atomic E-state index is 12.3. The molecule has 0 aliphatic carbocycles. The van der Waals surface area contributed by atoms with Gasteiger partial charge in [0.2, 0.25) is 5.16 Å². The number of hydrogen-bond acceptors (Lipinski definition) is 8.